The van der Waals surface area contributed by atoms with E-state index in [4.69, 9.17) is 0 Å². The lowest BCUT2D eigenvalue weighted by Crippen LogP contribution is -2.19. The molecular weight excluding hydrogens is 260 g/mol. The summed E-state index contributed by atoms with van der Waals surface area (Å²) in [4.78, 5) is 12.1. The van der Waals surface area contributed by atoms with Crippen LogP contribution in [0.4, 0.5) is 0 Å². The molecule has 1 unspecified atom stereocenters. The van der Waals surface area contributed by atoms with Crippen molar-refractivity contribution in [3.63, 3.8) is 0 Å². The minimum Gasteiger partial charge on any atom is -0.507 e. The number of hydrogen-bond donors (Lipinski definition) is 1. The van der Waals surface area contributed by atoms with Crippen LogP contribution in [-0.2, 0) is 15.6 Å². The number of phenols is 1. The van der Waals surface area contributed by atoms with Gasteiger partial charge in [-0.25, -0.2) is 0 Å². The Morgan fingerprint density at radius 1 is 1.05 bits per heavy atom. The lowest BCUT2D eigenvalue weighted by molar-refractivity contribution is -0.119. The van der Waals surface area contributed by atoms with Gasteiger partial charge in [-0.15, -0.1) is 0 Å². The van der Waals surface area contributed by atoms with E-state index >= 15 is 0 Å². The molecule has 0 aromatic heterocycles. The van der Waals surface area contributed by atoms with Crippen LogP contribution in [-0.4, -0.2) is 10.9 Å². The largest absolute Gasteiger partial charge is 0.507 e. The molecule has 1 atom stereocenters. The Balaban J connectivity index is 3.59. The van der Waals surface area contributed by atoms with Gasteiger partial charge in [0.15, 0.2) is 0 Å². The van der Waals surface area contributed by atoms with E-state index in [-0.39, 0.29) is 22.5 Å². The second-order valence-corrected chi connectivity index (χ2v) is 8.01. The molecule has 118 valence electrons. The van der Waals surface area contributed by atoms with Crippen molar-refractivity contribution in [2.75, 3.05) is 0 Å². The van der Waals surface area contributed by atoms with E-state index in [2.05, 4.69) is 41.5 Å². The van der Waals surface area contributed by atoms with Crippen molar-refractivity contribution < 1.29 is 9.90 Å². The van der Waals surface area contributed by atoms with Crippen molar-refractivity contribution in [1.82, 2.24) is 0 Å². The van der Waals surface area contributed by atoms with Crippen molar-refractivity contribution in [1.29, 1.82) is 0 Å². The quantitative estimate of drug-likeness (QED) is 0.844. The Bertz CT molecular complexity index is 492. The standard InChI is InChI=1S/C19H30O2/c1-9-16(20)12(2)13-10-14(18(3,4)5)17(21)15(11-13)19(6,7)8/h10-12,21H,9H2,1-8H3. The van der Waals surface area contributed by atoms with Crippen molar-refractivity contribution in [3.8, 4) is 5.75 Å². The predicted molar refractivity (Wildman–Crippen MR) is 89.2 cm³/mol. The van der Waals surface area contributed by atoms with Crippen LogP contribution in [0.2, 0.25) is 0 Å². The Hall–Kier alpha value is -1.31. The fourth-order valence-corrected chi connectivity index (χ4v) is 2.54. The third-order valence-electron chi connectivity index (χ3n) is 4.08. The van der Waals surface area contributed by atoms with Crippen LogP contribution >= 0.6 is 0 Å². The van der Waals surface area contributed by atoms with E-state index in [1.165, 1.54) is 0 Å². The summed E-state index contributed by atoms with van der Waals surface area (Å²) in [7, 11) is 0. The molecule has 0 radical (unpaired) electrons. The first kappa shape index (κ1) is 17.7. The minimum absolute atomic E-state index is 0.127. The Kier molecular flexibility index (Phi) is 4.92. The van der Waals surface area contributed by atoms with Crippen molar-refractivity contribution in [3.05, 3.63) is 28.8 Å². The van der Waals surface area contributed by atoms with E-state index in [0.717, 1.165) is 16.7 Å². The maximum absolute atomic E-state index is 12.1. The first-order valence-electron chi connectivity index (χ1n) is 7.80. The van der Waals surface area contributed by atoms with Crippen LogP contribution < -0.4 is 0 Å². The monoisotopic (exact) mass is 290 g/mol. The molecule has 0 aliphatic carbocycles. The first-order chi connectivity index (χ1) is 9.39. The summed E-state index contributed by atoms with van der Waals surface area (Å²) in [6.45, 7) is 16.4. The lowest BCUT2D eigenvalue weighted by Gasteiger charge is -2.29. The number of hydrogen-bond acceptors (Lipinski definition) is 2. The molecule has 1 rings (SSSR count). The maximum atomic E-state index is 12.1. The zero-order valence-corrected chi connectivity index (χ0v) is 14.8. The summed E-state index contributed by atoms with van der Waals surface area (Å²) < 4.78 is 0. The highest BCUT2D eigenvalue weighted by Crippen LogP contribution is 2.41. The molecule has 1 N–H and O–H groups in total. The van der Waals surface area contributed by atoms with Gasteiger partial charge in [0.25, 0.3) is 0 Å². The Morgan fingerprint density at radius 3 is 1.71 bits per heavy atom. The van der Waals surface area contributed by atoms with Crippen molar-refractivity contribution in [2.24, 2.45) is 0 Å². The summed E-state index contributed by atoms with van der Waals surface area (Å²) in [6, 6.07) is 4.01. The SMILES string of the molecule is CCC(=O)C(C)c1cc(C(C)(C)C)c(O)c(C(C)(C)C)c1. The van der Waals surface area contributed by atoms with Gasteiger partial charge < -0.3 is 5.11 Å². The van der Waals surface area contributed by atoms with E-state index in [9.17, 15) is 9.90 Å². The molecule has 1 aromatic carbocycles. The van der Waals surface area contributed by atoms with E-state index in [1.54, 1.807) is 0 Å². The molecule has 0 saturated heterocycles. The minimum atomic E-state index is -0.158. The Labute approximate surface area is 129 Å². The van der Waals surface area contributed by atoms with Crippen LogP contribution in [0.15, 0.2) is 12.1 Å². The van der Waals surface area contributed by atoms with Gasteiger partial charge in [-0.3, -0.25) is 4.79 Å². The molecule has 0 spiro atoms. The average Bonchev–Trinajstić information content (AvgIpc) is 2.34. The highest BCUT2D eigenvalue weighted by Gasteiger charge is 2.28. The van der Waals surface area contributed by atoms with Crippen molar-refractivity contribution in [2.45, 2.75) is 78.6 Å². The molecular formula is C19H30O2. The molecule has 0 aliphatic heterocycles. The molecule has 0 bridgehead atoms. The second-order valence-electron chi connectivity index (χ2n) is 8.01. The van der Waals surface area contributed by atoms with Crippen LogP contribution in [0.5, 0.6) is 5.75 Å². The predicted octanol–water partition coefficient (Wildman–Crippen LogP) is 5.07. The van der Waals surface area contributed by atoms with Gasteiger partial charge in [0.1, 0.15) is 11.5 Å². The molecule has 0 heterocycles. The molecule has 0 aliphatic rings. The third kappa shape index (κ3) is 3.87. The van der Waals surface area contributed by atoms with E-state index in [1.807, 2.05) is 26.0 Å². The van der Waals surface area contributed by atoms with Gasteiger partial charge in [0, 0.05) is 12.3 Å². The normalized spacial score (nSPS) is 14.1. The fraction of sp³-hybridized carbons (Fsp3) is 0.632. The van der Waals surface area contributed by atoms with E-state index < -0.39 is 0 Å². The molecule has 2 nitrogen and oxygen atoms in total. The fourth-order valence-electron chi connectivity index (χ4n) is 2.54. The molecule has 2 heteroatoms. The van der Waals surface area contributed by atoms with Gasteiger partial charge in [-0.05, 0) is 27.5 Å². The number of Topliss-reactive ketones (excluding diaryl/α,β-unsaturated/α-hetero) is 1. The molecule has 1 aromatic rings. The summed E-state index contributed by atoms with van der Waals surface area (Å²) in [5, 5.41) is 10.7. The molecule has 21 heavy (non-hydrogen) atoms. The zero-order valence-electron chi connectivity index (χ0n) is 14.8. The highest BCUT2D eigenvalue weighted by atomic mass is 16.3. The first-order valence-corrected chi connectivity index (χ1v) is 7.80. The highest BCUT2D eigenvalue weighted by molar-refractivity contribution is 5.85. The summed E-state index contributed by atoms with van der Waals surface area (Å²) in [6.07, 6.45) is 0.539. The lowest BCUT2D eigenvalue weighted by atomic mass is 9.76. The van der Waals surface area contributed by atoms with Gasteiger partial charge in [-0.1, -0.05) is 67.5 Å². The van der Waals surface area contributed by atoms with Gasteiger partial charge >= 0.3 is 0 Å². The number of rotatable bonds is 3. The number of aromatic hydroxyl groups is 1. The smallest absolute Gasteiger partial charge is 0.139 e. The summed E-state index contributed by atoms with van der Waals surface area (Å²) >= 11 is 0. The second kappa shape index (κ2) is 5.82. The van der Waals surface area contributed by atoms with Crippen LogP contribution in [0.3, 0.4) is 0 Å². The van der Waals surface area contributed by atoms with Gasteiger partial charge in [0.05, 0.1) is 0 Å². The number of benzene rings is 1. The maximum Gasteiger partial charge on any atom is 0.139 e. The summed E-state index contributed by atoms with van der Waals surface area (Å²) in [5.74, 6) is 0.480. The van der Waals surface area contributed by atoms with Gasteiger partial charge in [0.2, 0.25) is 0 Å². The summed E-state index contributed by atoms with van der Waals surface area (Å²) in [5.41, 5.74) is 2.53. The number of phenolic OH excluding ortho intramolecular Hbond substituents is 1. The van der Waals surface area contributed by atoms with Gasteiger partial charge in [-0.2, -0.15) is 0 Å². The molecule has 0 amide bonds. The average molecular weight is 290 g/mol. The Morgan fingerprint density at radius 2 is 1.43 bits per heavy atom. The van der Waals surface area contributed by atoms with E-state index in [0.29, 0.717) is 12.2 Å². The van der Waals surface area contributed by atoms with Crippen LogP contribution in [0, 0.1) is 0 Å². The van der Waals surface area contributed by atoms with Crippen molar-refractivity contribution >= 4 is 5.78 Å². The molecule has 0 fully saturated rings. The number of carbonyl (C=O) groups is 1. The zero-order chi connectivity index (χ0) is 16.6. The number of carbonyl (C=O) groups excluding carboxylic acids is 1. The number of ketones is 1. The topological polar surface area (TPSA) is 37.3 Å². The third-order valence-corrected chi connectivity index (χ3v) is 4.08. The van der Waals surface area contributed by atoms with Crippen LogP contribution in [0.1, 0.15) is 84.4 Å². The molecule has 0 saturated carbocycles. The van der Waals surface area contributed by atoms with Crippen LogP contribution in [0.25, 0.3) is 0 Å².